The molecule has 1 amide bonds. The number of amides is 1. The maximum Gasteiger partial charge on any atom is 0.230 e. The van der Waals surface area contributed by atoms with Crippen molar-refractivity contribution in [2.45, 2.75) is 26.2 Å². The molecular weight excluding hydrogens is 254 g/mol. The molecule has 0 spiro atoms. The number of hydrogen-bond acceptors (Lipinski definition) is 4. The molecule has 3 aliphatic rings. The summed E-state index contributed by atoms with van der Waals surface area (Å²) in [7, 11) is 0. The maximum atomic E-state index is 12.7. The molecule has 0 aromatic rings. The lowest BCUT2D eigenvalue weighted by Gasteiger charge is -2.39. The van der Waals surface area contributed by atoms with E-state index in [0.717, 1.165) is 58.6 Å². The monoisotopic (exact) mass is 281 g/mol. The fourth-order valence-electron chi connectivity index (χ4n) is 3.84. The minimum absolute atomic E-state index is 0.201. The van der Waals surface area contributed by atoms with Crippen molar-refractivity contribution in [2.24, 2.45) is 16.7 Å². The molecule has 5 heteroatoms. The smallest absolute Gasteiger partial charge is 0.230 e. The molecule has 3 fully saturated rings. The Morgan fingerprint density at radius 3 is 2.95 bits per heavy atom. The first-order valence-electron chi connectivity index (χ1n) is 7.92. The fraction of sp³-hybridized carbons (Fsp3) is 0.933. The Kier molecular flexibility index (Phi) is 4.02. The van der Waals surface area contributed by atoms with Crippen LogP contribution in [0.1, 0.15) is 26.2 Å². The van der Waals surface area contributed by atoms with Crippen LogP contribution in [0.4, 0.5) is 0 Å². The zero-order valence-electron chi connectivity index (χ0n) is 12.5. The summed E-state index contributed by atoms with van der Waals surface area (Å²) in [5, 5.41) is 10.0. The van der Waals surface area contributed by atoms with Crippen LogP contribution in [0.3, 0.4) is 0 Å². The number of fused-ring (bicyclic) bond motifs is 1. The third-order valence-electron chi connectivity index (χ3n) is 5.52. The highest BCUT2D eigenvalue weighted by Gasteiger charge is 2.51. The van der Waals surface area contributed by atoms with Gasteiger partial charge in [0.15, 0.2) is 0 Å². The Balaban J connectivity index is 1.60. The first kappa shape index (κ1) is 14.3. The summed E-state index contributed by atoms with van der Waals surface area (Å²) in [4.78, 5) is 12.7. The van der Waals surface area contributed by atoms with Crippen molar-refractivity contribution < 1.29 is 9.53 Å². The van der Waals surface area contributed by atoms with Crippen LogP contribution in [0, 0.1) is 16.7 Å². The Labute approximate surface area is 121 Å². The van der Waals surface area contributed by atoms with Gasteiger partial charge in [-0.25, -0.2) is 0 Å². The van der Waals surface area contributed by atoms with Gasteiger partial charge in [0.2, 0.25) is 5.91 Å². The van der Waals surface area contributed by atoms with Crippen molar-refractivity contribution in [3.63, 3.8) is 0 Å². The molecule has 5 nitrogen and oxygen atoms in total. The van der Waals surface area contributed by atoms with Crippen LogP contribution in [0.5, 0.6) is 0 Å². The molecule has 3 rings (SSSR count). The van der Waals surface area contributed by atoms with Gasteiger partial charge in [0.1, 0.15) is 0 Å². The van der Waals surface area contributed by atoms with E-state index in [1.54, 1.807) is 0 Å². The normalized spacial score (nSPS) is 36.4. The van der Waals surface area contributed by atoms with Gasteiger partial charge >= 0.3 is 0 Å². The molecule has 0 unspecified atom stereocenters. The van der Waals surface area contributed by atoms with Crippen LogP contribution in [-0.2, 0) is 9.53 Å². The van der Waals surface area contributed by atoms with Gasteiger partial charge in [-0.1, -0.05) is 6.92 Å². The van der Waals surface area contributed by atoms with E-state index in [0.29, 0.717) is 12.5 Å². The van der Waals surface area contributed by atoms with E-state index in [1.165, 1.54) is 0 Å². The molecular formula is C15H27N3O2. The topological polar surface area (TPSA) is 62.4 Å². The zero-order valence-corrected chi connectivity index (χ0v) is 12.5. The van der Waals surface area contributed by atoms with Crippen molar-refractivity contribution in [2.75, 3.05) is 45.9 Å². The summed E-state index contributed by atoms with van der Waals surface area (Å²) in [5.74, 6) is 0.643. The summed E-state index contributed by atoms with van der Waals surface area (Å²) in [6.07, 6.45) is 3.28. The minimum Gasteiger partial charge on any atom is -0.380 e. The quantitative estimate of drug-likeness (QED) is 0.687. The summed E-state index contributed by atoms with van der Waals surface area (Å²) in [5.41, 5.74) is -0.0733. The van der Waals surface area contributed by atoms with Gasteiger partial charge in [0.05, 0.1) is 12.0 Å². The minimum atomic E-state index is -0.318. The van der Waals surface area contributed by atoms with E-state index in [9.17, 15) is 4.79 Å². The zero-order chi connectivity index (χ0) is 14.1. The fourth-order valence-corrected chi connectivity index (χ4v) is 3.84. The van der Waals surface area contributed by atoms with Crippen molar-refractivity contribution in [1.82, 2.24) is 16.0 Å². The SMILES string of the molecule is CC1(CNC(=O)[C@]23CNC[C@H]2CCOC3)CCNCC1. The second-order valence-electron chi connectivity index (χ2n) is 7.07. The van der Waals surface area contributed by atoms with Gasteiger partial charge in [0.25, 0.3) is 0 Å². The van der Waals surface area contributed by atoms with Crippen molar-refractivity contribution >= 4 is 5.91 Å². The standard InChI is InChI=1S/C15H27N3O2/c1-14(3-5-16-6-4-14)9-18-13(19)15-10-17-8-12(15)2-7-20-11-15/h12,16-17H,2-11H2,1H3,(H,18,19)/t12-,15+/m1/s1. The second kappa shape index (κ2) is 5.62. The molecule has 3 N–H and O–H groups in total. The summed E-state index contributed by atoms with van der Waals surface area (Å²) < 4.78 is 5.61. The number of piperidine rings is 1. The first-order valence-corrected chi connectivity index (χ1v) is 7.92. The van der Waals surface area contributed by atoms with Crippen molar-refractivity contribution in [3.8, 4) is 0 Å². The summed E-state index contributed by atoms with van der Waals surface area (Å²) >= 11 is 0. The molecule has 0 aliphatic carbocycles. The van der Waals surface area contributed by atoms with E-state index in [-0.39, 0.29) is 16.7 Å². The molecule has 0 aromatic heterocycles. The number of ether oxygens (including phenoxy) is 1. The van der Waals surface area contributed by atoms with Gasteiger partial charge in [-0.2, -0.15) is 0 Å². The molecule has 0 radical (unpaired) electrons. The van der Waals surface area contributed by atoms with Gasteiger partial charge < -0.3 is 20.7 Å². The average Bonchev–Trinajstić information content (AvgIpc) is 2.91. The first-order chi connectivity index (χ1) is 9.65. The van der Waals surface area contributed by atoms with Crippen LogP contribution < -0.4 is 16.0 Å². The lowest BCUT2D eigenvalue weighted by Crippen LogP contribution is -2.54. The maximum absolute atomic E-state index is 12.7. The number of rotatable bonds is 3. The third-order valence-corrected chi connectivity index (χ3v) is 5.52. The molecule has 20 heavy (non-hydrogen) atoms. The Morgan fingerprint density at radius 1 is 1.35 bits per heavy atom. The van der Waals surface area contributed by atoms with E-state index < -0.39 is 0 Å². The highest BCUT2D eigenvalue weighted by molar-refractivity contribution is 5.84. The Bertz CT molecular complexity index is 368. The van der Waals surface area contributed by atoms with Gasteiger partial charge in [-0.05, 0) is 50.2 Å². The average molecular weight is 281 g/mol. The van der Waals surface area contributed by atoms with E-state index in [4.69, 9.17) is 4.74 Å². The van der Waals surface area contributed by atoms with Gasteiger partial charge in [0, 0.05) is 19.7 Å². The number of carbonyl (C=O) groups excluding carboxylic acids is 1. The molecule has 3 heterocycles. The predicted octanol–water partition coefficient (Wildman–Crippen LogP) is 0.118. The lowest BCUT2D eigenvalue weighted by atomic mass is 9.74. The van der Waals surface area contributed by atoms with Crippen molar-refractivity contribution in [3.05, 3.63) is 0 Å². The largest absolute Gasteiger partial charge is 0.380 e. The van der Waals surface area contributed by atoms with E-state index >= 15 is 0 Å². The highest BCUT2D eigenvalue weighted by Crippen LogP contribution is 2.38. The van der Waals surface area contributed by atoms with Gasteiger partial charge in [-0.3, -0.25) is 4.79 Å². The lowest BCUT2D eigenvalue weighted by molar-refractivity contribution is -0.141. The summed E-state index contributed by atoms with van der Waals surface area (Å²) in [6.45, 7) is 8.30. The van der Waals surface area contributed by atoms with E-state index in [2.05, 4.69) is 22.9 Å². The predicted molar refractivity (Wildman–Crippen MR) is 77.4 cm³/mol. The van der Waals surface area contributed by atoms with Crippen LogP contribution in [0.25, 0.3) is 0 Å². The number of nitrogens with one attached hydrogen (secondary N) is 3. The van der Waals surface area contributed by atoms with Crippen LogP contribution in [0.15, 0.2) is 0 Å². The van der Waals surface area contributed by atoms with Crippen LogP contribution in [0.2, 0.25) is 0 Å². The highest BCUT2D eigenvalue weighted by atomic mass is 16.5. The Hall–Kier alpha value is -0.650. The molecule has 0 saturated carbocycles. The Morgan fingerprint density at radius 2 is 2.15 bits per heavy atom. The molecule has 114 valence electrons. The van der Waals surface area contributed by atoms with Gasteiger partial charge in [-0.15, -0.1) is 0 Å². The molecule has 0 aromatic carbocycles. The molecule has 2 atom stereocenters. The third kappa shape index (κ3) is 2.59. The molecule has 3 aliphatic heterocycles. The summed E-state index contributed by atoms with van der Waals surface area (Å²) in [6, 6.07) is 0. The molecule has 3 saturated heterocycles. The van der Waals surface area contributed by atoms with Crippen LogP contribution in [-0.4, -0.2) is 51.8 Å². The van der Waals surface area contributed by atoms with Crippen LogP contribution >= 0.6 is 0 Å². The molecule has 0 bridgehead atoms. The van der Waals surface area contributed by atoms with E-state index in [1.807, 2.05) is 0 Å². The number of hydrogen-bond donors (Lipinski definition) is 3. The second-order valence-corrected chi connectivity index (χ2v) is 7.07. The van der Waals surface area contributed by atoms with Crippen molar-refractivity contribution in [1.29, 1.82) is 0 Å². The number of carbonyl (C=O) groups is 1.